The molecule has 1 heterocycles. The Bertz CT molecular complexity index is 3620. The van der Waals surface area contributed by atoms with E-state index in [0.717, 1.165) is 32.7 Å². The third kappa shape index (κ3) is 5.57. The minimum atomic E-state index is -0.0304. The predicted octanol–water partition coefficient (Wildman–Crippen LogP) is -4.89. The lowest BCUT2D eigenvalue weighted by molar-refractivity contribution is 0.675. The van der Waals surface area contributed by atoms with E-state index in [2.05, 4.69) is 42.5 Å². The fourth-order valence-corrected chi connectivity index (χ4v) is 9.10. The van der Waals surface area contributed by atoms with Crippen molar-refractivity contribution in [2.75, 3.05) is 0 Å². The Morgan fingerprint density at radius 3 is 1.08 bits per heavy atom. The van der Waals surface area contributed by atoms with Crippen LogP contribution in [0.4, 0.5) is 0 Å². The van der Waals surface area contributed by atoms with Crippen molar-refractivity contribution in [1.82, 2.24) is 0 Å². The molecule has 0 aliphatic rings. The molecule has 0 aliphatic heterocycles. The zero-order valence-corrected chi connectivity index (χ0v) is 33.1. The average Bonchev–Trinajstić information content (AvgIpc) is 3.69. The first-order valence-corrected chi connectivity index (χ1v) is 19.3. The number of furan rings is 1. The third-order valence-electron chi connectivity index (χ3n) is 12.4. The molecular weight excluding hydrogens is 731 g/mol. The van der Waals surface area contributed by atoms with Crippen LogP contribution in [0.15, 0.2) is 83.3 Å². The lowest BCUT2D eigenvalue weighted by Gasteiger charge is -2.30. The van der Waals surface area contributed by atoms with Crippen molar-refractivity contribution in [2.45, 2.75) is 0 Å². The van der Waals surface area contributed by atoms with E-state index in [0.29, 0.717) is 21.9 Å². The highest BCUT2D eigenvalue weighted by Gasteiger charge is 2.28. The highest BCUT2D eigenvalue weighted by Crippen LogP contribution is 2.41. The summed E-state index contributed by atoms with van der Waals surface area (Å²) < 4.78 is 6.19. The summed E-state index contributed by atoms with van der Waals surface area (Å²) in [7, 11) is 101. The largest absolute Gasteiger partial charge is 0.457 e. The van der Waals surface area contributed by atoms with Crippen LogP contribution in [0.25, 0.3) is 98.4 Å². The molecule has 0 amide bonds. The van der Waals surface area contributed by atoms with Gasteiger partial charge in [0.1, 0.15) is 129 Å². The molecule has 62 heavy (non-hydrogen) atoms. The molecular formula is C46H13B15O. The van der Waals surface area contributed by atoms with Gasteiger partial charge in [0.25, 0.3) is 0 Å². The molecule has 0 fully saturated rings. The summed E-state index contributed by atoms with van der Waals surface area (Å²) in [4.78, 5) is 0. The van der Waals surface area contributed by atoms with E-state index >= 15 is 0 Å². The second kappa shape index (κ2) is 14.4. The summed E-state index contributed by atoms with van der Waals surface area (Å²) in [6.45, 7) is 0. The topological polar surface area (TPSA) is 13.1 Å². The minimum Gasteiger partial charge on any atom is -0.457 e. The standard InChI is InChI=1S/C46H13B15O/c47-30-27(35(52)43(60)45-28(30)29-36(53)41(58)42(59)44(61)46(29)62-45)22-25-23(31(48)37(54)39(56)33(25)50)21(24-26(22)34(51)40(57)38(55)32(24)49)20-10-9-18-12-17(7-8-19(18)13-20)16-6-5-14-3-1-2-4-15(14)11-16/h1-13H. The minimum absolute atomic E-state index is 0.00328. The number of hydrogen-bond donors (Lipinski definition) is 0. The highest BCUT2D eigenvalue weighted by atomic mass is 16.3. The first-order chi connectivity index (χ1) is 29.5. The maximum absolute atomic E-state index is 7.21. The van der Waals surface area contributed by atoms with E-state index in [-0.39, 0.29) is 126 Å². The van der Waals surface area contributed by atoms with Gasteiger partial charge < -0.3 is 4.42 Å². The molecule has 0 unspecified atom stereocenters. The monoisotopic (exact) mass is 746 g/mol. The van der Waals surface area contributed by atoms with Gasteiger partial charge in [0, 0.05) is 10.8 Å². The number of fused-ring (bicyclic) bond motifs is 7. The van der Waals surface area contributed by atoms with Gasteiger partial charge in [-0.25, -0.2) is 0 Å². The van der Waals surface area contributed by atoms with Gasteiger partial charge in [-0.3, -0.25) is 0 Å². The summed E-state index contributed by atoms with van der Waals surface area (Å²) in [5.41, 5.74) is 4.27. The summed E-state index contributed by atoms with van der Waals surface area (Å²) in [5, 5.41) is 5.94. The summed E-state index contributed by atoms with van der Waals surface area (Å²) >= 11 is 0. The van der Waals surface area contributed by atoms with Crippen molar-refractivity contribution < 1.29 is 4.42 Å². The smallest absolute Gasteiger partial charge is 0.127 e. The van der Waals surface area contributed by atoms with Crippen LogP contribution in [0.3, 0.4) is 0 Å². The van der Waals surface area contributed by atoms with Crippen molar-refractivity contribution >= 4 is 265 Å². The van der Waals surface area contributed by atoms with Gasteiger partial charge in [-0.05, 0) is 94.7 Å². The first-order valence-electron chi connectivity index (χ1n) is 19.3. The molecule has 30 radical (unpaired) electrons. The second-order valence-corrected chi connectivity index (χ2v) is 15.7. The van der Waals surface area contributed by atoms with E-state index in [9.17, 15) is 0 Å². The zero-order chi connectivity index (χ0) is 44.0. The number of rotatable bonds is 3. The second-order valence-electron chi connectivity index (χ2n) is 15.7. The summed E-state index contributed by atoms with van der Waals surface area (Å²) in [6.07, 6.45) is 0. The molecule has 0 saturated carbocycles. The van der Waals surface area contributed by atoms with Crippen LogP contribution in [0, 0.1) is 0 Å². The molecule has 248 valence electrons. The van der Waals surface area contributed by atoms with Crippen molar-refractivity contribution in [2.24, 2.45) is 0 Å². The zero-order valence-electron chi connectivity index (χ0n) is 33.1. The fraction of sp³-hybridized carbons (Fsp3) is 0. The van der Waals surface area contributed by atoms with E-state index in [1.165, 1.54) is 0 Å². The molecule has 1 aromatic heterocycles. The Balaban J connectivity index is 1.35. The van der Waals surface area contributed by atoms with Gasteiger partial charge in [0.05, 0.1) is 0 Å². The van der Waals surface area contributed by atoms with Crippen molar-refractivity contribution in [3.8, 4) is 33.4 Å². The fourth-order valence-electron chi connectivity index (χ4n) is 9.10. The van der Waals surface area contributed by atoms with Crippen LogP contribution in [-0.2, 0) is 0 Å². The van der Waals surface area contributed by atoms with Crippen molar-refractivity contribution in [1.29, 1.82) is 0 Å². The Kier molecular flexibility index (Phi) is 9.50. The SMILES string of the molecule is [B]c1c([B])c([B])c2c(oc3c([B])c([B])c(-c4c5c([B])c([B])c([B])c([B])c5c(-c5ccc6cc(-c7ccc8ccccc8c7)ccc6c5)c5c([B])c([B])c([B])c([B])c45)c([B])c32)c1[B]. The van der Waals surface area contributed by atoms with Gasteiger partial charge >= 0.3 is 0 Å². The Labute approximate surface area is 379 Å². The first kappa shape index (κ1) is 40.8. The van der Waals surface area contributed by atoms with Crippen LogP contribution in [0.5, 0.6) is 0 Å². The number of hydrogen-bond acceptors (Lipinski definition) is 1. The lowest BCUT2D eigenvalue weighted by Crippen LogP contribution is -2.50. The molecule has 16 heteroatoms. The maximum atomic E-state index is 7.21. The lowest BCUT2D eigenvalue weighted by atomic mass is 9.58. The predicted molar refractivity (Wildman–Crippen MR) is 281 cm³/mol. The third-order valence-corrected chi connectivity index (χ3v) is 12.4. The van der Waals surface area contributed by atoms with E-state index in [1.807, 2.05) is 36.4 Å². The van der Waals surface area contributed by atoms with Crippen LogP contribution in [0.1, 0.15) is 0 Å². The molecule has 9 aromatic carbocycles. The van der Waals surface area contributed by atoms with Gasteiger partial charge in [0.2, 0.25) is 0 Å². The van der Waals surface area contributed by atoms with Crippen LogP contribution in [-0.4, -0.2) is 118 Å². The maximum Gasteiger partial charge on any atom is 0.127 e. The van der Waals surface area contributed by atoms with Crippen LogP contribution >= 0.6 is 0 Å². The van der Waals surface area contributed by atoms with Gasteiger partial charge in [-0.15, -0.1) is 32.8 Å². The molecule has 0 aliphatic carbocycles. The summed E-state index contributed by atoms with van der Waals surface area (Å²) in [6, 6.07) is 26.8. The molecule has 0 atom stereocenters. The van der Waals surface area contributed by atoms with Crippen LogP contribution in [0.2, 0.25) is 0 Å². The van der Waals surface area contributed by atoms with E-state index < -0.39 is 0 Å². The molecule has 10 aromatic rings. The molecule has 0 saturated heterocycles. The van der Waals surface area contributed by atoms with Gasteiger partial charge in [0.15, 0.2) is 0 Å². The van der Waals surface area contributed by atoms with E-state index in [1.54, 1.807) is 0 Å². The van der Waals surface area contributed by atoms with Gasteiger partial charge in [-0.1, -0.05) is 110 Å². The molecule has 10 rings (SSSR count). The highest BCUT2D eigenvalue weighted by molar-refractivity contribution is 6.73. The van der Waals surface area contributed by atoms with Crippen LogP contribution < -0.4 is 81.9 Å². The quantitative estimate of drug-likeness (QED) is 0.131. The number of benzene rings is 9. The van der Waals surface area contributed by atoms with Gasteiger partial charge in [-0.2, -0.15) is 0 Å². The van der Waals surface area contributed by atoms with Crippen molar-refractivity contribution in [3.63, 3.8) is 0 Å². The van der Waals surface area contributed by atoms with E-state index in [4.69, 9.17) is 122 Å². The Hall–Kier alpha value is -5.21. The molecule has 0 N–H and O–H groups in total. The Morgan fingerprint density at radius 1 is 0.242 bits per heavy atom. The Morgan fingerprint density at radius 2 is 0.581 bits per heavy atom. The van der Waals surface area contributed by atoms with Crippen molar-refractivity contribution in [3.05, 3.63) is 78.9 Å². The molecule has 0 bridgehead atoms. The normalized spacial score (nSPS) is 11.9. The molecule has 0 spiro atoms. The summed E-state index contributed by atoms with van der Waals surface area (Å²) in [5.74, 6) is 0. The molecule has 1 nitrogen and oxygen atoms in total. The average molecular weight is 744 g/mol.